The highest BCUT2D eigenvalue weighted by atomic mass is 14.7. The topological polar surface area (TPSA) is 38.4 Å². The molecule has 0 unspecified atom stereocenters. The molecule has 0 amide bonds. The van der Waals surface area contributed by atoms with Crippen LogP contribution >= 0.6 is 0 Å². The van der Waals surface area contributed by atoms with Crippen LogP contribution in [-0.4, -0.2) is 12.8 Å². The molecule has 1 rings (SSSR count). The van der Waals surface area contributed by atoms with E-state index < -0.39 is 0 Å². The minimum atomic E-state index is 0.503. The van der Waals surface area contributed by atoms with Gasteiger partial charge < -0.3 is 5.73 Å². The number of hydrogen-bond acceptors (Lipinski definition) is 2. The van der Waals surface area contributed by atoms with Gasteiger partial charge in [-0.2, -0.15) is 0 Å². The molecule has 1 aromatic rings. The second kappa shape index (κ2) is 7.70. The van der Waals surface area contributed by atoms with E-state index in [1.807, 2.05) is 13.0 Å². The fourth-order valence-corrected chi connectivity index (χ4v) is 1.96. The molecule has 0 saturated carbocycles. The largest absolute Gasteiger partial charge is 0.326 e. The van der Waals surface area contributed by atoms with Crippen LogP contribution in [0.5, 0.6) is 0 Å². The van der Waals surface area contributed by atoms with Crippen molar-refractivity contribution in [3.8, 4) is 0 Å². The summed E-state index contributed by atoms with van der Waals surface area (Å²) >= 11 is 0. The zero-order valence-corrected chi connectivity index (χ0v) is 12.2. The summed E-state index contributed by atoms with van der Waals surface area (Å²) in [5, 5.41) is 0. The van der Waals surface area contributed by atoms with Crippen LogP contribution in [0.3, 0.4) is 0 Å². The van der Waals surface area contributed by atoms with Crippen LogP contribution in [0.25, 0.3) is 5.70 Å². The molecule has 2 N–H and O–H groups in total. The first kappa shape index (κ1) is 15.4. The van der Waals surface area contributed by atoms with Crippen molar-refractivity contribution in [2.75, 3.05) is 6.54 Å². The molecule has 102 valence electrons. The van der Waals surface area contributed by atoms with Gasteiger partial charge in [0.15, 0.2) is 0 Å². The standard InChI is InChI=1S/C17H24N2/c1-5-7-16-10-13(3)8-9-17(16)14(4)19-12-15(6-2)11-18/h6,8-10,12H,4-5,7,11,18H2,1-3H3/b15-6-,19-12-. The molecule has 0 atom stereocenters. The van der Waals surface area contributed by atoms with E-state index in [0.29, 0.717) is 6.54 Å². The maximum absolute atomic E-state index is 5.62. The Bertz CT molecular complexity index is 496. The van der Waals surface area contributed by atoms with E-state index in [0.717, 1.165) is 29.7 Å². The second-order valence-electron chi connectivity index (χ2n) is 4.68. The zero-order chi connectivity index (χ0) is 14.3. The number of rotatable bonds is 6. The molecule has 0 radical (unpaired) electrons. The molecular formula is C17H24N2. The molecule has 1 aromatic carbocycles. The summed E-state index contributed by atoms with van der Waals surface area (Å²) in [6, 6.07) is 6.44. The third-order valence-corrected chi connectivity index (χ3v) is 3.08. The van der Waals surface area contributed by atoms with Crippen molar-refractivity contribution in [2.45, 2.75) is 33.6 Å². The smallest absolute Gasteiger partial charge is 0.0633 e. The lowest BCUT2D eigenvalue weighted by Crippen LogP contribution is -2.03. The van der Waals surface area contributed by atoms with Crippen LogP contribution in [0.2, 0.25) is 0 Å². The van der Waals surface area contributed by atoms with E-state index in [4.69, 9.17) is 5.73 Å². The van der Waals surface area contributed by atoms with Crippen molar-refractivity contribution in [2.24, 2.45) is 10.7 Å². The lowest BCUT2D eigenvalue weighted by atomic mass is 9.99. The molecule has 0 spiro atoms. The van der Waals surface area contributed by atoms with Crippen molar-refractivity contribution in [3.05, 3.63) is 53.1 Å². The maximum Gasteiger partial charge on any atom is 0.0633 e. The predicted octanol–water partition coefficient (Wildman–Crippen LogP) is 3.89. The number of hydrogen-bond donors (Lipinski definition) is 1. The van der Waals surface area contributed by atoms with Gasteiger partial charge in [-0.25, -0.2) is 0 Å². The quantitative estimate of drug-likeness (QED) is 0.770. The summed E-state index contributed by atoms with van der Waals surface area (Å²) in [5.74, 6) is 0. The van der Waals surface area contributed by atoms with Gasteiger partial charge in [-0.05, 0) is 31.4 Å². The Morgan fingerprint density at radius 2 is 2.16 bits per heavy atom. The summed E-state index contributed by atoms with van der Waals surface area (Å²) in [6.07, 6.45) is 5.95. The minimum absolute atomic E-state index is 0.503. The number of benzene rings is 1. The van der Waals surface area contributed by atoms with E-state index in [1.165, 1.54) is 11.1 Å². The van der Waals surface area contributed by atoms with Crippen LogP contribution in [0, 0.1) is 6.92 Å². The molecule has 2 heteroatoms. The highest BCUT2D eigenvalue weighted by molar-refractivity contribution is 5.84. The fraction of sp³-hybridized carbons (Fsp3) is 0.353. The Balaban J connectivity index is 2.99. The summed E-state index contributed by atoms with van der Waals surface area (Å²) in [7, 11) is 0. The van der Waals surface area contributed by atoms with Crippen LogP contribution in [0.1, 0.15) is 37.0 Å². The third kappa shape index (κ3) is 4.49. The van der Waals surface area contributed by atoms with E-state index in [9.17, 15) is 0 Å². The summed E-state index contributed by atoms with van der Waals surface area (Å²) in [6.45, 7) is 10.8. The van der Waals surface area contributed by atoms with Gasteiger partial charge in [-0.3, -0.25) is 4.99 Å². The maximum atomic E-state index is 5.62. The Labute approximate surface area is 116 Å². The summed E-state index contributed by atoms with van der Waals surface area (Å²) in [4.78, 5) is 4.44. The van der Waals surface area contributed by atoms with E-state index in [1.54, 1.807) is 6.21 Å². The van der Waals surface area contributed by atoms with Crippen molar-refractivity contribution < 1.29 is 0 Å². The average molecular weight is 256 g/mol. The van der Waals surface area contributed by atoms with E-state index in [-0.39, 0.29) is 0 Å². The zero-order valence-electron chi connectivity index (χ0n) is 12.2. The molecule has 0 aliphatic carbocycles. The van der Waals surface area contributed by atoms with Crippen LogP contribution < -0.4 is 5.73 Å². The Hall–Kier alpha value is -1.67. The van der Waals surface area contributed by atoms with Crippen molar-refractivity contribution in [1.82, 2.24) is 0 Å². The van der Waals surface area contributed by atoms with Gasteiger partial charge in [-0.15, -0.1) is 0 Å². The molecule has 0 bridgehead atoms. The summed E-state index contributed by atoms with van der Waals surface area (Å²) < 4.78 is 0. The second-order valence-corrected chi connectivity index (χ2v) is 4.68. The number of nitrogens with zero attached hydrogens (tertiary/aromatic N) is 1. The number of aryl methyl sites for hydroxylation is 2. The highest BCUT2D eigenvalue weighted by Gasteiger charge is 2.05. The van der Waals surface area contributed by atoms with Crippen LogP contribution in [-0.2, 0) is 6.42 Å². The van der Waals surface area contributed by atoms with Gasteiger partial charge in [-0.1, -0.05) is 49.8 Å². The van der Waals surface area contributed by atoms with E-state index >= 15 is 0 Å². The molecule has 0 fully saturated rings. The van der Waals surface area contributed by atoms with Gasteiger partial charge in [0, 0.05) is 18.3 Å². The lowest BCUT2D eigenvalue weighted by molar-refractivity contribution is 0.916. The molecule has 0 aromatic heterocycles. The Morgan fingerprint density at radius 3 is 2.74 bits per heavy atom. The first-order chi connectivity index (χ1) is 9.12. The van der Waals surface area contributed by atoms with Crippen molar-refractivity contribution >= 4 is 11.9 Å². The SMILES string of the molecule is C=C(/N=C\C(=C/C)CN)c1ccc(C)cc1CCC. The first-order valence-corrected chi connectivity index (χ1v) is 6.80. The molecule has 0 heterocycles. The van der Waals surface area contributed by atoms with Gasteiger partial charge >= 0.3 is 0 Å². The van der Waals surface area contributed by atoms with Crippen molar-refractivity contribution in [1.29, 1.82) is 0 Å². The third-order valence-electron chi connectivity index (χ3n) is 3.08. The Morgan fingerprint density at radius 1 is 1.42 bits per heavy atom. The highest BCUT2D eigenvalue weighted by Crippen LogP contribution is 2.21. The monoisotopic (exact) mass is 256 g/mol. The summed E-state index contributed by atoms with van der Waals surface area (Å²) in [5.41, 5.74) is 11.2. The lowest BCUT2D eigenvalue weighted by Gasteiger charge is -2.09. The number of aliphatic imine (C=N–C) groups is 1. The normalized spacial score (nSPS) is 12.1. The van der Waals surface area contributed by atoms with Gasteiger partial charge in [0.05, 0.1) is 5.70 Å². The van der Waals surface area contributed by atoms with Gasteiger partial charge in [0.25, 0.3) is 0 Å². The van der Waals surface area contributed by atoms with Gasteiger partial charge in [0.2, 0.25) is 0 Å². The first-order valence-electron chi connectivity index (χ1n) is 6.80. The average Bonchev–Trinajstić information content (AvgIpc) is 2.40. The fourth-order valence-electron chi connectivity index (χ4n) is 1.96. The van der Waals surface area contributed by atoms with Crippen LogP contribution in [0.15, 0.2) is 41.4 Å². The predicted molar refractivity (Wildman–Crippen MR) is 85.5 cm³/mol. The number of nitrogens with two attached hydrogens (primary N) is 1. The molecule has 0 saturated heterocycles. The number of allylic oxidation sites excluding steroid dienone is 1. The molecule has 0 aliphatic rings. The Kier molecular flexibility index (Phi) is 6.23. The molecule has 0 aliphatic heterocycles. The molecular weight excluding hydrogens is 232 g/mol. The van der Waals surface area contributed by atoms with Crippen LogP contribution in [0.4, 0.5) is 0 Å². The minimum Gasteiger partial charge on any atom is -0.326 e. The van der Waals surface area contributed by atoms with Gasteiger partial charge in [0.1, 0.15) is 0 Å². The molecule has 2 nitrogen and oxygen atoms in total. The molecule has 19 heavy (non-hydrogen) atoms. The van der Waals surface area contributed by atoms with Crippen molar-refractivity contribution in [3.63, 3.8) is 0 Å². The van der Waals surface area contributed by atoms with E-state index in [2.05, 4.69) is 43.6 Å².